The van der Waals surface area contributed by atoms with Crippen LogP contribution in [0.2, 0.25) is 0 Å². The lowest BCUT2D eigenvalue weighted by atomic mass is 10.2. The van der Waals surface area contributed by atoms with Gasteiger partial charge in [-0.15, -0.1) is 12.4 Å². The van der Waals surface area contributed by atoms with Crippen LogP contribution in [0.1, 0.15) is 32.0 Å². The quantitative estimate of drug-likeness (QED) is 0.892. The molecule has 1 aromatic rings. The van der Waals surface area contributed by atoms with Crippen molar-refractivity contribution in [3.63, 3.8) is 0 Å². The number of nitrogens with one attached hydrogen (secondary N) is 1. The Kier molecular flexibility index (Phi) is 5.43. The van der Waals surface area contributed by atoms with E-state index < -0.39 is 0 Å². The SMILES string of the molecule is CC(C)n1nccc1CN(C)C1CCNC1.Cl. The predicted octanol–water partition coefficient (Wildman–Crippen LogP) is 1.68. The standard InChI is InChI=1S/C12H22N4.ClH/c1-10(2)16-12(5-7-14-16)9-15(3)11-4-6-13-8-11;/h5,7,10-11,13H,4,6,8-9H2,1-3H3;1H. The van der Waals surface area contributed by atoms with Gasteiger partial charge in [0.2, 0.25) is 0 Å². The minimum absolute atomic E-state index is 0. The summed E-state index contributed by atoms with van der Waals surface area (Å²) in [6.45, 7) is 7.61. The molecule has 1 saturated heterocycles. The minimum atomic E-state index is 0. The second kappa shape index (κ2) is 6.38. The predicted molar refractivity (Wildman–Crippen MR) is 72.6 cm³/mol. The molecule has 98 valence electrons. The van der Waals surface area contributed by atoms with E-state index in [1.807, 2.05) is 6.20 Å². The van der Waals surface area contributed by atoms with Crippen molar-refractivity contribution in [2.75, 3.05) is 20.1 Å². The van der Waals surface area contributed by atoms with Gasteiger partial charge >= 0.3 is 0 Å². The van der Waals surface area contributed by atoms with Crippen LogP contribution in [0, 0.1) is 0 Å². The molecule has 2 heterocycles. The van der Waals surface area contributed by atoms with Gasteiger partial charge in [-0.2, -0.15) is 5.10 Å². The van der Waals surface area contributed by atoms with Crippen molar-refractivity contribution >= 4 is 12.4 Å². The fourth-order valence-electron chi connectivity index (χ4n) is 2.33. The molecule has 0 saturated carbocycles. The number of hydrogen-bond donors (Lipinski definition) is 1. The summed E-state index contributed by atoms with van der Waals surface area (Å²) in [4.78, 5) is 2.43. The Bertz CT molecular complexity index is 331. The first-order chi connectivity index (χ1) is 7.68. The number of hydrogen-bond acceptors (Lipinski definition) is 3. The third-order valence-electron chi connectivity index (χ3n) is 3.31. The Balaban J connectivity index is 0.00000144. The number of rotatable bonds is 4. The van der Waals surface area contributed by atoms with Crippen molar-refractivity contribution in [1.82, 2.24) is 20.0 Å². The fraction of sp³-hybridized carbons (Fsp3) is 0.750. The Morgan fingerprint density at radius 2 is 2.35 bits per heavy atom. The van der Waals surface area contributed by atoms with Gasteiger partial charge < -0.3 is 5.32 Å². The third-order valence-corrected chi connectivity index (χ3v) is 3.31. The van der Waals surface area contributed by atoms with Crippen molar-refractivity contribution in [3.05, 3.63) is 18.0 Å². The molecule has 4 nitrogen and oxygen atoms in total. The molecule has 1 fully saturated rings. The molecule has 1 aromatic heterocycles. The summed E-state index contributed by atoms with van der Waals surface area (Å²) in [5, 5.41) is 7.78. The highest BCUT2D eigenvalue weighted by atomic mass is 35.5. The van der Waals surface area contributed by atoms with Gasteiger partial charge in [0.05, 0.1) is 5.69 Å². The first-order valence-corrected chi connectivity index (χ1v) is 6.12. The van der Waals surface area contributed by atoms with Crippen molar-refractivity contribution < 1.29 is 0 Å². The molecule has 1 atom stereocenters. The summed E-state index contributed by atoms with van der Waals surface area (Å²) in [7, 11) is 2.20. The number of halogens is 1. The lowest BCUT2D eigenvalue weighted by molar-refractivity contribution is 0.239. The van der Waals surface area contributed by atoms with Gasteiger partial charge in [-0.1, -0.05) is 0 Å². The maximum atomic E-state index is 4.37. The number of nitrogens with zero attached hydrogens (tertiary/aromatic N) is 3. The lowest BCUT2D eigenvalue weighted by Crippen LogP contribution is -2.33. The summed E-state index contributed by atoms with van der Waals surface area (Å²) in [6.07, 6.45) is 3.16. The molecule has 1 N–H and O–H groups in total. The minimum Gasteiger partial charge on any atom is -0.315 e. The van der Waals surface area contributed by atoms with E-state index in [4.69, 9.17) is 0 Å². The van der Waals surface area contributed by atoms with Crippen LogP contribution in [0.25, 0.3) is 0 Å². The molecule has 2 rings (SSSR count). The zero-order valence-electron chi connectivity index (χ0n) is 10.9. The summed E-state index contributed by atoms with van der Waals surface area (Å²) in [5.41, 5.74) is 1.31. The molecule has 0 amide bonds. The Morgan fingerprint density at radius 3 is 2.94 bits per heavy atom. The largest absolute Gasteiger partial charge is 0.315 e. The summed E-state index contributed by atoms with van der Waals surface area (Å²) in [5.74, 6) is 0. The van der Waals surface area contributed by atoms with Crippen LogP contribution in [-0.2, 0) is 6.54 Å². The van der Waals surface area contributed by atoms with Crippen LogP contribution >= 0.6 is 12.4 Å². The van der Waals surface area contributed by atoms with Crippen LogP contribution in [-0.4, -0.2) is 40.9 Å². The summed E-state index contributed by atoms with van der Waals surface area (Å²) < 4.78 is 2.11. The lowest BCUT2D eigenvalue weighted by Gasteiger charge is -2.24. The smallest absolute Gasteiger partial charge is 0.0527 e. The molecular weight excluding hydrogens is 236 g/mol. The second-order valence-electron chi connectivity index (χ2n) is 4.92. The Morgan fingerprint density at radius 1 is 1.59 bits per heavy atom. The van der Waals surface area contributed by atoms with E-state index in [9.17, 15) is 0 Å². The van der Waals surface area contributed by atoms with Crippen LogP contribution in [0.4, 0.5) is 0 Å². The highest BCUT2D eigenvalue weighted by Gasteiger charge is 2.20. The average Bonchev–Trinajstić information content (AvgIpc) is 2.86. The van der Waals surface area contributed by atoms with Gasteiger partial charge in [0.1, 0.15) is 0 Å². The monoisotopic (exact) mass is 258 g/mol. The maximum absolute atomic E-state index is 4.37. The topological polar surface area (TPSA) is 33.1 Å². The van der Waals surface area contributed by atoms with Crippen molar-refractivity contribution in [2.45, 2.75) is 38.9 Å². The molecule has 5 heteroatoms. The van der Waals surface area contributed by atoms with Crippen LogP contribution in [0.3, 0.4) is 0 Å². The van der Waals surface area contributed by atoms with E-state index in [2.05, 4.69) is 47.0 Å². The highest BCUT2D eigenvalue weighted by Crippen LogP contribution is 2.13. The van der Waals surface area contributed by atoms with Crippen molar-refractivity contribution in [2.24, 2.45) is 0 Å². The first kappa shape index (κ1) is 14.5. The van der Waals surface area contributed by atoms with Crippen molar-refractivity contribution in [1.29, 1.82) is 0 Å². The third kappa shape index (κ3) is 3.44. The van der Waals surface area contributed by atoms with Gasteiger partial charge in [-0.3, -0.25) is 9.58 Å². The van der Waals surface area contributed by atoms with Gasteiger partial charge in [0.25, 0.3) is 0 Å². The van der Waals surface area contributed by atoms with Crippen LogP contribution in [0.15, 0.2) is 12.3 Å². The number of likely N-dealkylation sites (N-methyl/N-ethyl adjacent to an activating group) is 1. The second-order valence-corrected chi connectivity index (χ2v) is 4.92. The van der Waals surface area contributed by atoms with Gasteiger partial charge in [0.15, 0.2) is 0 Å². The molecule has 0 spiro atoms. The highest BCUT2D eigenvalue weighted by molar-refractivity contribution is 5.85. The summed E-state index contributed by atoms with van der Waals surface area (Å²) in [6, 6.07) is 3.24. The van der Waals surface area contributed by atoms with Crippen LogP contribution < -0.4 is 5.32 Å². The summed E-state index contributed by atoms with van der Waals surface area (Å²) >= 11 is 0. The first-order valence-electron chi connectivity index (χ1n) is 6.12. The van der Waals surface area contributed by atoms with Gasteiger partial charge in [-0.05, 0) is 39.9 Å². The Hall–Kier alpha value is -0.580. The zero-order chi connectivity index (χ0) is 11.5. The molecule has 0 radical (unpaired) electrons. The van der Waals surface area contributed by atoms with E-state index in [-0.39, 0.29) is 12.4 Å². The van der Waals surface area contributed by atoms with Crippen molar-refractivity contribution in [3.8, 4) is 0 Å². The van der Waals surface area contributed by atoms with E-state index in [0.717, 1.165) is 19.6 Å². The molecule has 0 aromatic carbocycles. The normalized spacial score (nSPS) is 19.9. The maximum Gasteiger partial charge on any atom is 0.0527 e. The average molecular weight is 259 g/mol. The molecule has 1 aliphatic heterocycles. The van der Waals surface area contributed by atoms with Crippen LogP contribution in [0.5, 0.6) is 0 Å². The molecule has 0 bridgehead atoms. The van der Waals surface area contributed by atoms with E-state index in [0.29, 0.717) is 12.1 Å². The zero-order valence-corrected chi connectivity index (χ0v) is 11.7. The Labute approximate surface area is 110 Å². The number of aromatic nitrogens is 2. The molecule has 0 aliphatic carbocycles. The van der Waals surface area contributed by atoms with Gasteiger partial charge in [-0.25, -0.2) is 0 Å². The van der Waals surface area contributed by atoms with Gasteiger partial charge in [0, 0.05) is 31.4 Å². The molecule has 1 unspecified atom stereocenters. The van der Waals surface area contributed by atoms with E-state index in [1.165, 1.54) is 12.1 Å². The fourth-order valence-corrected chi connectivity index (χ4v) is 2.33. The van der Waals surface area contributed by atoms with E-state index in [1.54, 1.807) is 0 Å². The molecular formula is C12H23ClN4. The molecule has 17 heavy (non-hydrogen) atoms. The van der Waals surface area contributed by atoms with E-state index >= 15 is 0 Å². The molecule has 1 aliphatic rings.